The molecule has 0 aliphatic heterocycles. The third kappa shape index (κ3) is 6.00. The summed E-state index contributed by atoms with van der Waals surface area (Å²) in [5.41, 5.74) is 3.39. The van der Waals surface area contributed by atoms with Crippen LogP contribution in [-0.2, 0) is 36.8 Å². The van der Waals surface area contributed by atoms with Gasteiger partial charge >= 0.3 is 0 Å². The highest BCUT2D eigenvalue weighted by atomic mass is 19.2. The summed E-state index contributed by atoms with van der Waals surface area (Å²) in [4.78, 5) is 8.92. The van der Waals surface area contributed by atoms with Crippen molar-refractivity contribution in [2.75, 3.05) is 13.7 Å². The quantitative estimate of drug-likeness (QED) is 0.262. The van der Waals surface area contributed by atoms with Crippen molar-refractivity contribution in [2.45, 2.75) is 38.5 Å². The van der Waals surface area contributed by atoms with E-state index in [0.717, 1.165) is 54.3 Å². The molecule has 3 aromatic carbocycles. The lowest BCUT2D eigenvalue weighted by atomic mass is 9.98. The van der Waals surface area contributed by atoms with Crippen molar-refractivity contribution in [3.8, 4) is 0 Å². The second kappa shape index (κ2) is 11.3. The van der Waals surface area contributed by atoms with Gasteiger partial charge in [0.1, 0.15) is 11.6 Å². The Morgan fingerprint density at radius 1 is 0.706 bits per heavy atom. The molecule has 6 heteroatoms. The van der Waals surface area contributed by atoms with E-state index in [9.17, 15) is 8.78 Å². The Kier molecular flexibility index (Phi) is 7.91. The van der Waals surface area contributed by atoms with Gasteiger partial charge in [-0.15, -0.1) is 0 Å². The first-order valence-corrected chi connectivity index (χ1v) is 11.5. The summed E-state index contributed by atoms with van der Waals surface area (Å²) in [6.45, 7) is 0.722. The van der Waals surface area contributed by atoms with Crippen molar-refractivity contribution in [3.63, 3.8) is 0 Å². The predicted octanol–water partition coefficient (Wildman–Crippen LogP) is 6.20. The summed E-state index contributed by atoms with van der Waals surface area (Å²) in [6, 6.07) is 13.2. The molecule has 0 aliphatic rings. The molecule has 4 rings (SSSR count). The second-order valence-corrected chi connectivity index (χ2v) is 8.45. The molecule has 4 aromatic rings. The van der Waals surface area contributed by atoms with Crippen molar-refractivity contribution >= 4 is 10.8 Å². The van der Waals surface area contributed by atoms with Gasteiger partial charge in [0, 0.05) is 37.9 Å². The van der Waals surface area contributed by atoms with Gasteiger partial charge in [0.2, 0.25) is 0 Å². The van der Waals surface area contributed by atoms with Crippen LogP contribution in [0.15, 0.2) is 60.9 Å². The Balaban J connectivity index is 1.38. The molecule has 3 nitrogen and oxygen atoms in total. The zero-order valence-corrected chi connectivity index (χ0v) is 19.2. The Morgan fingerprint density at radius 2 is 1.44 bits per heavy atom. The van der Waals surface area contributed by atoms with Gasteiger partial charge in [-0.3, -0.25) is 0 Å². The summed E-state index contributed by atoms with van der Waals surface area (Å²) in [5, 5.41) is 1.39. The highest BCUT2D eigenvalue weighted by Crippen LogP contribution is 2.24. The lowest BCUT2D eigenvalue weighted by molar-refractivity contribution is 0.195. The zero-order chi connectivity index (χ0) is 23.9. The first-order valence-electron chi connectivity index (χ1n) is 11.5. The molecular weight excluding hydrogens is 437 g/mol. The number of halogens is 3. The fraction of sp³-hybridized carbons (Fsp3) is 0.286. The van der Waals surface area contributed by atoms with Gasteiger partial charge in [-0.2, -0.15) is 0 Å². The van der Waals surface area contributed by atoms with E-state index in [4.69, 9.17) is 4.74 Å². The predicted molar refractivity (Wildman–Crippen MR) is 127 cm³/mol. The Bertz CT molecular complexity index is 1260. The first-order chi connectivity index (χ1) is 16.5. The summed E-state index contributed by atoms with van der Waals surface area (Å²) >= 11 is 0. The number of hydrogen-bond donors (Lipinski definition) is 0. The van der Waals surface area contributed by atoms with Crippen LogP contribution in [0.4, 0.5) is 13.2 Å². The molecule has 0 saturated heterocycles. The fourth-order valence-electron chi connectivity index (χ4n) is 4.03. The molecule has 0 bridgehead atoms. The number of ether oxygens (including phenoxy) is 1. The van der Waals surface area contributed by atoms with Crippen LogP contribution in [0.1, 0.15) is 34.5 Å². The van der Waals surface area contributed by atoms with Gasteiger partial charge in [-0.1, -0.05) is 36.4 Å². The molecule has 1 heterocycles. The van der Waals surface area contributed by atoms with E-state index in [1.807, 2.05) is 30.6 Å². The number of aromatic nitrogens is 2. The summed E-state index contributed by atoms with van der Waals surface area (Å²) in [7, 11) is 1.69. The third-order valence-corrected chi connectivity index (χ3v) is 5.98. The molecule has 0 amide bonds. The molecular formula is C28H27F3N2O. The smallest absolute Gasteiger partial charge is 0.159 e. The first kappa shape index (κ1) is 23.9. The SMILES string of the molecule is COCCCc1cnc(CCc2ccc3c(F)c(CCc4ccc(F)c(F)c4)ccc3c2)nc1. The van der Waals surface area contributed by atoms with Crippen LogP contribution >= 0.6 is 0 Å². The number of hydrogen-bond acceptors (Lipinski definition) is 3. The minimum Gasteiger partial charge on any atom is -0.385 e. The molecule has 0 radical (unpaired) electrons. The minimum atomic E-state index is -0.882. The van der Waals surface area contributed by atoms with Crippen molar-refractivity contribution in [2.24, 2.45) is 0 Å². The highest BCUT2D eigenvalue weighted by molar-refractivity contribution is 5.84. The number of methoxy groups -OCH3 is 1. The van der Waals surface area contributed by atoms with E-state index >= 15 is 4.39 Å². The second-order valence-electron chi connectivity index (χ2n) is 8.45. The van der Waals surface area contributed by atoms with Crippen LogP contribution in [0.2, 0.25) is 0 Å². The van der Waals surface area contributed by atoms with Crippen molar-refractivity contribution in [3.05, 3.63) is 106 Å². The van der Waals surface area contributed by atoms with E-state index in [0.29, 0.717) is 35.8 Å². The summed E-state index contributed by atoms with van der Waals surface area (Å²) < 4.78 is 46.7. The lowest BCUT2D eigenvalue weighted by Gasteiger charge is -2.09. The van der Waals surface area contributed by atoms with Crippen LogP contribution in [0.25, 0.3) is 10.8 Å². The summed E-state index contributed by atoms with van der Waals surface area (Å²) in [6.07, 6.45) is 7.89. The molecule has 1 aromatic heterocycles. The number of fused-ring (bicyclic) bond motifs is 1. The Hall–Kier alpha value is -3.25. The molecule has 0 atom stereocenters. The number of nitrogens with zero attached hydrogens (tertiary/aromatic N) is 2. The topological polar surface area (TPSA) is 35.0 Å². The maximum atomic E-state index is 15.1. The van der Waals surface area contributed by atoms with Crippen LogP contribution in [0, 0.1) is 17.5 Å². The van der Waals surface area contributed by atoms with Crippen molar-refractivity contribution in [1.82, 2.24) is 9.97 Å². The summed E-state index contributed by atoms with van der Waals surface area (Å²) in [5.74, 6) is -1.24. The minimum absolute atomic E-state index is 0.265. The Morgan fingerprint density at radius 3 is 2.21 bits per heavy atom. The van der Waals surface area contributed by atoms with Gasteiger partial charge < -0.3 is 4.74 Å². The molecule has 0 spiro atoms. The third-order valence-electron chi connectivity index (χ3n) is 5.98. The van der Waals surface area contributed by atoms with Gasteiger partial charge in [-0.05, 0) is 71.9 Å². The Labute approximate surface area is 197 Å². The largest absolute Gasteiger partial charge is 0.385 e. The normalized spacial score (nSPS) is 11.3. The average molecular weight is 465 g/mol. The van der Waals surface area contributed by atoms with Crippen molar-refractivity contribution in [1.29, 1.82) is 0 Å². The number of rotatable bonds is 10. The highest BCUT2D eigenvalue weighted by Gasteiger charge is 2.10. The fourth-order valence-corrected chi connectivity index (χ4v) is 4.03. The molecule has 176 valence electrons. The van der Waals surface area contributed by atoms with Gasteiger partial charge in [-0.25, -0.2) is 23.1 Å². The monoisotopic (exact) mass is 464 g/mol. The van der Waals surface area contributed by atoms with E-state index < -0.39 is 11.6 Å². The molecule has 0 unspecified atom stereocenters. The maximum Gasteiger partial charge on any atom is 0.159 e. The number of aryl methyl sites for hydroxylation is 5. The average Bonchev–Trinajstić information content (AvgIpc) is 2.85. The van der Waals surface area contributed by atoms with Crippen LogP contribution in [0.3, 0.4) is 0 Å². The molecule has 0 saturated carbocycles. The van der Waals surface area contributed by atoms with E-state index in [2.05, 4.69) is 9.97 Å². The van der Waals surface area contributed by atoms with Crippen molar-refractivity contribution < 1.29 is 17.9 Å². The standard InChI is InChI=1S/C28H27F3N2O/c1-34-14-2-3-21-17-32-27(33-18-21)13-7-19-5-11-24-23(15-19)10-9-22(28(24)31)8-4-20-6-12-25(29)26(30)16-20/h5-6,9-12,15-18H,2-4,7-8,13-14H2,1H3. The van der Waals surface area contributed by atoms with Crippen LogP contribution in [0.5, 0.6) is 0 Å². The van der Waals surface area contributed by atoms with Crippen LogP contribution in [-0.4, -0.2) is 23.7 Å². The lowest BCUT2D eigenvalue weighted by Crippen LogP contribution is -2.01. The van der Waals surface area contributed by atoms with E-state index in [1.165, 1.54) is 12.1 Å². The molecule has 0 aliphatic carbocycles. The zero-order valence-electron chi connectivity index (χ0n) is 19.2. The molecule has 34 heavy (non-hydrogen) atoms. The maximum absolute atomic E-state index is 15.1. The van der Waals surface area contributed by atoms with Gasteiger partial charge in [0.05, 0.1) is 0 Å². The number of benzene rings is 3. The molecule has 0 fully saturated rings. The molecule has 0 N–H and O–H groups in total. The van der Waals surface area contributed by atoms with Gasteiger partial charge in [0.15, 0.2) is 11.6 Å². The van der Waals surface area contributed by atoms with Crippen LogP contribution < -0.4 is 0 Å². The van der Waals surface area contributed by atoms with Gasteiger partial charge in [0.25, 0.3) is 0 Å². The van der Waals surface area contributed by atoms with E-state index in [1.54, 1.807) is 19.2 Å². The van der Waals surface area contributed by atoms with E-state index in [-0.39, 0.29) is 5.82 Å².